The van der Waals surface area contributed by atoms with Crippen LogP contribution in [0.2, 0.25) is 0 Å². The number of fused-ring (bicyclic) bond motifs is 1. The number of carbonyl (C=O) groups is 2. The number of amides is 3. The molecule has 4 rings (SSSR count). The summed E-state index contributed by atoms with van der Waals surface area (Å²) in [7, 11) is 0. The second-order valence-electron chi connectivity index (χ2n) is 8.00. The molecule has 1 aromatic heterocycles. The van der Waals surface area contributed by atoms with E-state index < -0.39 is 35.7 Å². The van der Waals surface area contributed by atoms with E-state index in [1.807, 2.05) is 30.3 Å². The zero-order valence-corrected chi connectivity index (χ0v) is 18.3. The van der Waals surface area contributed by atoms with Gasteiger partial charge in [-0.25, -0.2) is 13.6 Å². The van der Waals surface area contributed by atoms with Crippen molar-refractivity contribution >= 4 is 17.6 Å². The summed E-state index contributed by atoms with van der Waals surface area (Å²) >= 11 is 0. The molecule has 7 nitrogen and oxygen atoms in total. The van der Waals surface area contributed by atoms with Gasteiger partial charge >= 0.3 is 6.03 Å². The fourth-order valence-electron chi connectivity index (χ4n) is 3.91. The van der Waals surface area contributed by atoms with Gasteiger partial charge in [-0.3, -0.25) is 9.78 Å². The molecule has 9 heteroatoms. The quantitative estimate of drug-likeness (QED) is 0.578. The lowest BCUT2D eigenvalue weighted by Gasteiger charge is -2.35. The van der Waals surface area contributed by atoms with E-state index in [1.54, 1.807) is 18.2 Å². The molecule has 0 saturated heterocycles. The number of urea groups is 1. The van der Waals surface area contributed by atoms with E-state index in [2.05, 4.69) is 21.7 Å². The van der Waals surface area contributed by atoms with Crippen LogP contribution in [0.4, 0.5) is 19.3 Å². The van der Waals surface area contributed by atoms with Crippen LogP contribution in [0.15, 0.2) is 60.8 Å². The topological polar surface area (TPSA) is 98.1 Å². The molecule has 0 aliphatic carbocycles. The zero-order chi connectivity index (χ0) is 24.2. The van der Waals surface area contributed by atoms with Gasteiger partial charge in [0, 0.05) is 18.2 Å². The van der Waals surface area contributed by atoms with Crippen molar-refractivity contribution in [3.63, 3.8) is 0 Å². The van der Waals surface area contributed by atoms with Gasteiger partial charge in [0.05, 0.1) is 36.1 Å². The molecule has 0 saturated carbocycles. The third kappa shape index (κ3) is 4.86. The minimum atomic E-state index is -0.938. The van der Waals surface area contributed by atoms with Gasteiger partial charge in [0.15, 0.2) is 0 Å². The first-order valence-electron chi connectivity index (χ1n) is 10.6. The standard InChI is InChI=1S/C25H21F2N5O2/c1-15(23-20(27)11-19(26)13-29-23)30-24(33)22(10-16-5-3-2-4-6-16)32-14-18-9-17(12-28)7-8-21(18)31-25(32)34/h2-9,11,13,15,22H,10,14H2,1H3,(H,30,33)(H,31,34)/t15-,22+/m1/s1. The first kappa shape index (κ1) is 22.9. The van der Waals surface area contributed by atoms with Gasteiger partial charge in [-0.1, -0.05) is 30.3 Å². The first-order chi connectivity index (χ1) is 16.4. The lowest BCUT2D eigenvalue weighted by atomic mass is 10.0. The van der Waals surface area contributed by atoms with Crippen LogP contribution in [0, 0.1) is 23.0 Å². The van der Waals surface area contributed by atoms with Gasteiger partial charge in [0.1, 0.15) is 17.7 Å². The first-order valence-corrected chi connectivity index (χ1v) is 10.6. The Bertz CT molecular complexity index is 1280. The summed E-state index contributed by atoms with van der Waals surface area (Å²) in [4.78, 5) is 31.5. The monoisotopic (exact) mass is 461 g/mol. The lowest BCUT2D eigenvalue weighted by Crippen LogP contribution is -2.53. The maximum atomic E-state index is 14.2. The maximum Gasteiger partial charge on any atom is 0.322 e. The number of hydrogen-bond donors (Lipinski definition) is 2. The summed E-state index contributed by atoms with van der Waals surface area (Å²) in [6.07, 6.45) is 1.09. The van der Waals surface area contributed by atoms with E-state index >= 15 is 0 Å². The number of rotatable bonds is 6. The van der Waals surface area contributed by atoms with Gasteiger partial charge in [-0.15, -0.1) is 0 Å². The third-order valence-electron chi connectivity index (χ3n) is 5.63. The van der Waals surface area contributed by atoms with Crippen molar-refractivity contribution < 1.29 is 18.4 Å². The molecule has 3 amide bonds. The van der Waals surface area contributed by atoms with Crippen LogP contribution < -0.4 is 10.6 Å². The third-order valence-corrected chi connectivity index (χ3v) is 5.63. The predicted molar refractivity (Wildman–Crippen MR) is 120 cm³/mol. The van der Waals surface area contributed by atoms with Crippen LogP contribution in [0.1, 0.15) is 35.3 Å². The van der Waals surface area contributed by atoms with Crippen LogP contribution in [0.3, 0.4) is 0 Å². The highest BCUT2D eigenvalue weighted by Crippen LogP contribution is 2.27. The molecule has 172 valence electrons. The van der Waals surface area contributed by atoms with Crippen LogP contribution in [0.25, 0.3) is 0 Å². The molecule has 0 unspecified atom stereocenters. The fraction of sp³-hybridized carbons (Fsp3) is 0.200. The van der Waals surface area contributed by atoms with E-state index in [4.69, 9.17) is 0 Å². The van der Waals surface area contributed by atoms with Crippen LogP contribution in [-0.2, 0) is 17.8 Å². The predicted octanol–water partition coefficient (Wildman–Crippen LogP) is 4.07. The molecule has 34 heavy (non-hydrogen) atoms. The maximum absolute atomic E-state index is 14.2. The lowest BCUT2D eigenvalue weighted by molar-refractivity contribution is -0.126. The number of halogens is 2. The van der Waals surface area contributed by atoms with Gasteiger partial charge in [-0.05, 0) is 36.2 Å². The number of carbonyl (C=O) groups excluding carboxylic acids is 2. The Balaban J connectivity index is 1.63. The summed E-state index contributed by atoms with van der Waals surface area (Å²) in [5.41, 5.74) is 2.42. The summed E-state index contributed by atoms with van der Waals surface area (Å²) in [6.45, 7) is 1.64. The number of nitriles is 1. The summed E-state index contributed by atoms with van der Waals surface area (Å²) < 4.78 is 27.4. The number of benzene rings is 2. The van der Waals surface area contributed by atoms with Crippen molar-refractivity contribution in [1.29, 1.82) is 5.26 Å². The van der Waals surface area contributed by atoms with Crippen molar-refractivity contribution in [1.82, 2.24) is 15.2 Å². The Hall–Kier alpha value is -4.32. The van der Waals surface area contributed by atoms with Crippen molar-refractivity contribution in [2.24, 2.45) is 0 Å². The Morgan fingerprint density at radius 2 is 2.00 bits per heavy atom. The van der Waals surface area contributed by atoms with E-state index in [0.29, 0.717) is 22.9 Å². The molecule has 0 spiro atoms. The van der Waals surface area contributed by atoms with Crippen molar-refractivity contribution in [3.8, 4) is 6.07 Å². The average Bonchev–Trinajstić information content (AvgIpc) is 2.82. The second kappa shape index (κ2) is 9.67. The van der Waals surface area contributed by atoms with Crippen LogP contribution >= 0.6 is 0 Å². The number of nitrogens with one attached hydrogen (secondary N) is 2. The van der Waals surface area contributed by atoms with E-state index in [1.165, 1.54) is 11.8 Å². The highest BCUT2D eigenvalue weighted by Gasteiger charge is 2.34. The minimum absolute atomic E-state index is 0.110. The van der Waals surface area contributed by atoms with Gasteiger partial charge < -0.3 is 15.5 Å². The normalized spacial score (nSPS) is 14.4. The Kier molecular flexibility index (Phi) is 6.50. The summed E-state index contributed by atoms with van der Waals surface area (Å²) in [5.74, 6) is -2.21. The number of hydrogen-bond acceptors (Lipinski definition) is 4. The highest BCUT2D eigenvalue weighted by molar-refractivity contribution is 5.96. The highest BCUT2D eigenvalue weighted by atomic mass is 19.1. The Morgan fingerprint density at radius 1 is 1.24 bits per heavy atom. The molecule has 1 aliphatic rings. The molecular formula is C25H21F2N5O2. The molecular weight excluding hydrogens is 440 g/mol. The van der Waals surface area contributed by atoms with Crippen molar-refractivity contribution in [3.05, 3.63) is 94.8 Å². The Labute approximate surface area is 195 Å². The fourth-order valence-corrected chi connectivity index (χ4v) is 3.91. The second-order valence-corrected chi connectivity index (χ2v) is 8.00. The minimum Gasteiger partial charge on any atom is -0.346 e. The molecule has 0 radical (unpaired) electrons. The number of nitrogens with zero attached hydrogens (tertiary/aromatic N) is 3. The molecule has 2 heterocycles. The van der Waals surface area contributed by atoms with Crippen LogP contribution in [-0.4, -0.2) is 27.9 Å². The summed E-state index contributed by atoms with van der Waals surface area (Å²) in [5, 5.41) is 14.7. The van der Waals surface area contributed by atoms with Crippen LogP contribution in [0.5, 0.6) is 0 Å². The molecule has 2 aromatic carbocycles. The Morgan fingerprint density at radius 3 is 2.71 bits per heavy atom. The number of anilines is 1. The molecule has 2 N–H and O–H groups in total. The molecule has 3 aromatic rings. The molecule has 0 fully saturated rings. The molecule has 2 atom stereocenters. The van der Waals surface area contributed by atoms with Gasteiger partial charge in [0.2, 0.25) is 5.91 Å². The van der Waals surface area contributed by atoms with Gasteiger partial charge in [0.25, 0.3) is 0 Å². The van der Waals surface area contributed by atoms with Crippen molar-refractivity contribution in [2.75, 3.05) is 5.32 Å². The van der Waals surface area contributed by atoms with Gasteiger partial charge in [-0.2, -0.15) is 5.26 Å². The molecule has 1 aliphatic heterocycles. The van der Waals surface area contributed by atoms with E-state index in [9.17, 15) is 23.6 Å². The number of pyridine rings is 1. The molecule has 0 bridgehead atoms. The summed E-state index contributed by atoms with van der Waals surface area (Å²) in [6, 6.07) is 14.6. The smallest absolute Gasteiger partial charge is 0.322 e. The van der Waals surface area contributed by atoms with E-state index in [0.717, 1.165) is 11.8 Å². The number of aromatic nitrogens is 1. The van der Waals surface area contributed by atoms with Crippen molar-refractivity contribution in [2.45, 2.75) is 32.0 Å². The largest absolute Gasteiger partial charge is 0.346 e. The zero-order valence-electron chi connectivity index (χ0n) is 18.3. The SMILES string of the molecule is C[C@@H](NC(=O)[C@H](Cc1ccccc1)N1Cc2cc(C#N)ccc2NC1=O)c1ncc(F)cc1F. The average molecular weight is 461 g/mol. The van der Waals surface area contributed by atoms with E-state index in [-0.39, 0.29) is 18.7 Å².